The molecular weight excluding hydrogens is 243 g/mol. The van der Waals surface area contributed by atoms with E-state index >= 15 is 0 Å². The summed E-state index contributed by atoms with van der Waals surface area (Å²) in [4.78, 5) is 0. The fourth-order valence-electron chi connectivity index (χ4n) is 1.40. The third-order valence-electron chi connectivity index (χ3n) is 2.06. The quantitative estimate of drug-likeness (QED) is 0.723. The molecule has 0 spiro atoms. The fourth-order valence-corrected chi connectivity index (χ4v) is 1.81. The van der Waals surface area contributed by atoms with Gasteiger partial charge in [-0.15, -0.1) is 0 Å². The highest BCUT2D eigenvalue weighted by Crippen LogP contribution is 2.26. The zero-order valence-electron chi connectivity index (χ0n) is 8.71. The number of ether oxygens (including phenoxy) is 1. The highest BCUT2D eigenvalue weighted by Gasteiger charge is 2.00. The normalized spacial score (nSPS) is 10.2. The van der Waals surface area contributed by atoms with Crippen LogP contribution in [-0.2, 0) is 0 Å². The van der Waals surface area contributed by atoms with Crippen LogP contribution in [0, 0.1) is 6.92 Å². The predicted molar refractivity (Wildman–Crippen MR) is 67.7 cm³/mol. The number of rotatable bonds is 2. The highest BCUT2D eigenvalue weighted by atomic mass is 35.5. The van der Waals surface area contributed by atoms with Gasteiger partial charge in [-0.3, -0.25) is 0 Å². The molecule has 0 aliphatic rings. The van der Waals surface area contributed by atoms with Crippen LogP contribution >= 0.6 is 23.2 Å². The first-order chi connectivity index (χ1) is 7.63. The molecule has 0 unspecified atom stereocenters. The van der Waals surface area contributed by atoms with Crippen molar-refractivity contribution in [1.29, 1.82) is 0 Å². The van der Waals surface area contributed by atoms with E-state index in [9.17, 15) is 0 Å². The van der Waals surface area contributed by atoms with Crippen LogP contribution in [0.1, 0.15) is 5.56 Å². The van der Waals surface area contributed by atoms with Gasteiger partial charge in [0.1, 0.15) is 11.5 Å². The zero-order chi connectivity index (χ0) is 11.5. The van der Waals surface area contributed by atoms with E-state index in [4.69, 9.17) is 27.9 Å². The number of aryl methyl sites for hydroxylation is 1. The van der Waals surface area contributed by atoms with Crippen LogP contribution in [0.15, 0.2) is 42.5 Å². The molecule has 0 saturated heterocycles. The SMILES string of the molecule is Cc1cc(Cl)cc(Oc2ccc(Cl)cc2)c1. The second kappa shape index (κ2) is 4.77. The van der Waals surface area contributed by atoms with Crippen molar-refractivity contribution in [2.24, 2.45) is 0 Å². The van der Waals surface area contributed by atoms with Crippen LogP contribution in [-0.4, -0.2) is 0 Å². The molecule has 2 aromatic carbocycles. The monoisotopic (exact) mass is 252 g/mol. The van der Waals surface area contributed by atoms with Gasteiger partial charge < -0.3 is 4.74 Å². The summed E-state index contributed by atoms with van der Waals surface area (Å²) >= 11 is 11.7. The van der Waals surface area contributed by atoms with Crippen LogP contribution in [0.25, 0.3) is 0 Å². The second-order valence-corrected chi connectivity index (χ2v) is 4.39. The average Bonchev–Trinajstić information content (AvgIpc) is 2.20. The summed E-state index contributed by atoms with van der Waals surface area (Å²) in [6, 6.07) is 12.8. The molecule has 0 aromatic heterocycles. The predicted octanol–water partition coefficient (Wildman–Crippen LogP) is 5.09. The summed E-state index contributed by atoms with van der Waals surface area (Å²) in [6.07, 6.45) is 0. The summed E-state index contributed by atoms with van der Waals surface area (Å²) in [7, 11) is 0. The fraction of sp³-hybridized carbons (Fsp3) is 0.0769. The molecule has 2 rings (SSSR count). The van der Waals surface area contributed by atoms with Gasteiger partial charge in [0.25, 0.3) is 0 Å². The van der Waals surface area contributed by atoms with E-state index in [1.54, 1.807) is 18.2 Å². The maximum Gasteiger partial charge on any atom is 0.129 e. The van der Waals surface area contributed by atoms with E-state index in [2.05, 4.69) is 0 Å². The molecule has 2 aromatic rings. The van der Waals surface area contributed by atoms with Crippen molar-refractivity contribution in [3.63, 3.8) is 0 Å². The summed E-state index contributed by atoms with van der Waals surface area (Å²) in [5, 5.41) is 1.36. The molecule has 0 fully saturated rings. The first-order valence-electron chi connectivity index (χ1n) is 4.84. The molecule has 0 bridgehead atoms. The number of hydrogen-bond donors (Lipinski definition) is 0. The molecule has 16 heavy (non-hydrogen) atoms. The third kappa shape index (κ3) is 2.91. The summed E-state index contributed by atoms with van der Waals surface area (Å²) < 4.78 is 5.65. The van der Waals surface area contributed by atoms with Crippen LogP contribution < -0.4 is 4.74 Å². The van der Waals surface area contributed by atoms with Crippen molar-refractivity contribution < 1.29 is 4.74 Å². The van der Waals surface area contributed by atoms with E-state index in [1.165, 1.54) is 0 Å². The minimum Gasteiger partial charge on any atom is -0.457 e. The van der Waals surface area contributed by atoms with Gasteiger partial charge in [0.2, 0.25) is 0 Å². The highest BCUT2D eigenvalue weighted by molar-refractivity contribution is 6.31. The van der Waals surface area contributed by atoms with Gasteiger partial charge in [-0.05, 0) is 55.0 Å². The van der Waals surface area contributed by atoms with E-state index in [1.807, 2.05) is 31.2 Å². The maximum absolute atomic E-state index is 5.94. The van der Waals surface area contributed by atoms with Crippen molar-refractivity contribution in [3.05, 3.63) is 58.1 Å². The first kappa shape index (κ1) is 11.3. The Morgan fingerprint density at radius 3 is 2.12 bits per heavy atom. The lowest BCUT2D eigenvalue weighted by atomic mass is 10.2. The smallest absolute Gasteiger partial charge is 0.129 e. The first-order valence-corrected chi connectivity index (χ1v) is 5.60. The van der Waals surface area contributed by atoms with Gasteiger partial charge in [0, 0.05) is 10.0 Å². The molecule has 1 nitrogen and oxygen atoms in total. The van der Waals surface area contributed by atoms with Crippen molar-refractivity contribution in [2.75, 3.05) is 0 Å². The van der Waals surface area contributed by atoms with Crippen LogP contribution in [0.4, 0.5) is 0 Å². The summed E-state index contributed by atoms with van der Waals surface area (Å²) in [6.45, 7) is 1.97. The van der Waals surface area contributed by atoms with Crippen molar-refractivity contribution in [2.45, 2.75) is 6.92 Å². The Kier molecular flexibility index (Phi) is 3.37. The minimum absolute atomic E-state index is 0.670. The molecule has 82 valence electrons. The zero-order valence-corrected chi connectivity index (χ0v) is 10.2. The van der Waals surface area contributed by atoms with Gasteiger partial charge in [0.15, 0.2) is 0 Å². The van der Waals surface area contributed by atoms with Crippen LogP contribution in [0.5, 0.6) is 11.5 Å². The van der Waals surface area contributed by atoms with Crippen LogP contribution in [0.3, 0.4) is 0 Å². The molecule has 0 amide bonds. The van der Waals surface area contributed by atoms with Gasteiger partial charge in [-0.25, -0.2) is 0 Å². The Bertz CT molecular complexity index is 472. The molecule has 0 aliphatic heterocycles. The van der Waals surface area contributed by atoms with Crippen LogP contribution in [0.2, 0.25) is 10.0 Å². The maximum atomic E-state index is 5.94. The Balaban J connectivity index is 2.23. The van der Waals surface area contributed by atoms with Crippen molar-refractivity contribution in [3.8, 4) is 11.5 Å². The Hall–Kier alpha value is -1.18. The molecule has 3 heteroatoms. The van der Waals surface area contributed by atoms with E-state index < -0.39 is 0 Å². The second-order valence-electron chi connectivity index (χ2n) is 3.52. The molecule has 0 radical (unpaired) electrons. The number of hydrogen-bond acceptors (Lipinski definition) is 1. The molecular formula is C13H10Cl2O. The van der Waals surface area contributed by atoms with Gasteiger partial charge >= 0.3 is 0 Å². The largest absolute Gasteiger partial charge is 0.457 e. The number of benzene rings is 2. The van der Waals surface area contributed by atoms with Crippen molar-refractivity contribution >= 4 is 23.2 Å². The lowest BCUT2D eigenvalue weighted by Crippen LogP contribution is -1.84. The number of halogens is 2. The van der Waals surface area contributed by atoms with Gasteiger partial charge in [0.05, 0.1) is 0 Å². The molecule has 0 saturated carbocycles. The average molecular weight is 253 g/mol. The van der Waals surface area contributed by atoms with E-state index in [-0.39, 0.29) is 0 Å². The van der Waals surface area contributed by atoms with Crippen molar-refractivity contribution in [1.82, 2.24) is 0 Å². The molecule has 0 atom stereocenters. The van der Waals surface area contributed by atoms with E-state index in [0.717, 1.165) is 17.1 Å². The van der Waals surface area contributed by atoms with E-state index in [0.29, 0.717) is 10.0 Å². The lowest BCUT2D eigenvalue weighted by molar-refractivity contribution is 0.482. The molecule has 0 heterocycles. The Morgan fingerprint density at radius 2 is 1.50 bits per heavy atom. The van der Waals surface area contributed by atoms with Gasteiger partial charge in [-0.2, -0.15) is 0 Å². The standard InChI is InChI=1S/C13H10Cl2O/c1-9-6-11(15)8-13(7-9)16-12-4-2-10(14)3-5-12/h2-8H,1H3. The Morgan fingerprint density at radius 1 is 0.812 bits per heavy atom. The molecule has 0 N–H and O–H groups in total. The topological polar surface area (TPSA) is 9.23 Å². The Labute approximate surface area is 105 Å². The third-order valence-corrected chi connectivity index (χ3v) is 2.54. The van der Waals surface area contributed by atoms with Gasteiger partial charge in [-0.1, -0.05) is 23.2 Å². The minimum atomic E-state index is 0.670. The molecule has 0 aliphatic carbocycles. The lowest BCUT2D eigenvalue weighted by Gasteiger charge is -2.07. The summed E-state index contributed by atoms with van der Waals surface area (Å²) in [5.41, 5.74) is 1.07. The summed E-state index contributed by atoms with van der Waals surface area (Å²) in [5.74, 6) is 1.47.